The standard InChI is InChI=1S/C13H15N3O3S/c14-8-2-1-5-15-10(8)11(17)16-9(13(18)19)6-20-12(16)7-3-4-7/h1-2,5,7,9,12H,3-4,6,14H2,(H,18,19). The predicted octanol–water partition coefficient (Wildman–Crippen LogP) is 1.04. The lowest BCUT2D eigenvalue weighted by Gasteiger charge is -2.27. The number of carboxylic acids is 1. The summed E-state index contributed by atoms with van der Waals surface area (Å²) in [7, 11) is 0. The van der Waals surface area contributed by atoms with Gasteiger partial charge in [0.15, 0.2) is 5.69 Å². The molecule has 2 heterocycles. The van der Waals surface area contributed by atoms with Gasteiger partial charge in [0.1, 0.15) is 6.04 Å². The third kappa shape index (κ3) is 2.22. The van der Waals surface area contributed by atoms with E-state index in [1.807, 2.05) is 0 Å². The maximum absolute atomic E-state index is 12.6. The topological polar surface area (TPSA) is 96.5 Å². The zero-order valence-corrected chi connectivity index (χ0v) is 11.5. The molecule has 106 valence electrons. The molecule has 0 radical (unpaired) electrons. The molecule has 2 aliphatic rings. The maximum Gasteiger partial charge on any atom is 0.327 e. The lowest BCUT2D eigenvalue weighted by Crippen LogP contribution is -2.46. The summed E-state index contributed by atoms with van der Waals surface area (Å²) in [6.07, 6.45) is 3.59. The molecule has 20 heavy (non-hydrogen) atoms. The summed E-state index contributed by atoms with van der Waals surface area (Å²) in [6.45, 7) is 0. The van der Waals surface area contributed by atoms with Gasteiger partial charge in [-0.2, -0.15) is 0 Å². The summed E-state index contributed by atoms with van der Waals surface area (Å²) in [6, 6.07) is 2.46. The first-order chi connectivity index (χ1) is 9.59. The van der Waals surface area contributed by atoms with E-state index < -0.39 is 12.0 Å². The van der Waals surface area contributed by atoms with Crippen molar-refractivity contribution >= 4 is 29.3 Å². The highest BCUT2D eigenvalue weighted by Gasteiger charge is 2.48. The van der Waals surface area contributed by atoms with Crippen LogP contribution in [0.15, 0.2) is 18.3 Å². The molecular formula is C13H15N3O3S. The Balaban J connectivity index is 1.93. The third-order valence-corrected chi connectivity index (χ3v) is 5.08. The van der Waals surface area contributed by atoms with E-state index in [0.29, 0.717) is 11.7 Å². The van der Waals surface area contributed by atoms with Crippen LogP contribution in [0.4, 0.5) is 5.69 Å². The van der Waals surface area contributed by atoms with Crippen LogP contribution in [-0.2, 0) is 4.79 Å². The van der Waals surface area contributed by atoms with Crippen LogP contribution >= 0.6 is 11.8 Å². The first-order valence-electron chi connectivity index (χ1n) is 6.47. The number of pyridine rings is 1. The number of nitrogens with zero attached hydrogens (tertiary/aromatic N) is 2. The Labute approximate surface area is 120 Å². The molecule has 1 aliphatic carbocycles. The summed E-state index contributed by atoms with van der Waals surface area (Å²) in [4.78, 5) is 29.5. The number of aliphatic carboxylic acids is 1. The number of carbonyl (C=O) groups is 2. The molecule has 2 fully saturated rings. The minimum Gasteiger partial charge on any atom is -0.480 e. The zero-order chi connectivity index (χ0) is 14.3. The van der Waals surface area contributed by atoms with Crippen molar-refractivity contribution in [1.29, 1.82) is 0 Å². The number of anilines is 1. The summed E-state index contributed by atoms with van der Waals surface area (Å²) in [5.74, 6) is -0.520. The van der Waals surface area contributed by atoms with Gasteiger partial charge in [0.05, 0.1) is 11.1 Å². The molecular weight excluding hydrogens is 278 g/mol. The summed E-state index contributed by atoms with van der Waals surface area (Å²) < 4.78 is 0. The van der Waals surface area contributed by atoms with Gasteiger partial charge in [-0.1, -0.05) is 0 Å². The highest BCUT2D eigenvalue weighted by Crippen LogP contribution is 2.46. The van der Waals surface area contributed by atoms with Gasteiger partial charge in [0.2, 0.25) is 0 Å². The third-order valence-electron chi connectivity index (χ3n) is 3.62. The average Bonchev–Trinajstić information content (AvgIpc) is 3.17. The van der Waals surface area contributed by atoms with Gasteiger partial charge in [-0.15, -0.1) is 11.8 Å². The van der Waals surface area contributed by atoms with Crippen LogP contribution in [0.2, 0.25) is 0 Å². The molecule has 0 bridgehead atoms. The average molecular weight is 293 g/mol. The molecule has 0 spiro atoms. The molecule has 0 aromatic carbocycles. The Hall–Kier alpha value is -1.76. The first-order valence-corrected chi connectivity index (χ1v) is 7.52. The Morgan fingerprint density at radius 3 is 2.80 bits per heavy atom. The van der Waals surface area contributed by atoms with Crippen LogP contribution in [-0.4, -0.2) is 44.0 Å². The van der Waals surface area contributed by atoms with E-state index >= 15 is 0 Å². The number of aromatic nitrogens is 1. The summed E-state index contributed by atoms with van der Waals surface area (Å²) in [5, 5.41) is 9.25. The predicted molar refractivity (Wildman–Crippen MR) is 75.2 cm³/mol. The fraction of sp³-hybridized carbons (Fsp3) is 0.462. The largest absolute Gasteiger partial charge is 0.480 e. The van der Waals surface area contributed by atoms with E-state index in [4.69, 9.17) is 5.73 Å². The molecule has 2 atom stereocenters. The Morgan fingerprint density at radius 2 is 2.20 bits per heavy atom. The normalized spacial score (nSPS) is 25.7. The molecule has 6 nitrogen and oxygen atoms in total. The van der Waals surface area contributed by atoms with Crippen molar-refractivity contribution in [2.75, 3.05) is 11.5 Å². The highest BCUT2D eigenvalue weighted by molar-refractivity contribution is 8.00. The van der Waals surface area contributed by atoms with Crippen molar-refractivity contribution in [3.63, 3.8) is 0 Å². The first kappa shape index (κ1) is 13.2. The van der Waals surface area contributed by atoms with E-state index in [2.05, 4.69) is 4.98 Å². The minimum atomic E-state index is -0.969. The van der Waals surface area contributed by atoms with Crippen molar-refractivity contribution < 1.29 is 14.7 Å². The molecule has 1 amide bonds. The van der Waals surface area contributed by atoms with Crippen molar-refractivity contribution in [3.8, 4) is 0 Å². The molecule has 1 saturated carbocycles. The van der Waals surface area contributed by atoms with Crippen molar-refractivity contribution in [2.24, 2.45) is 5.92 Å². The molecule has 1 saturated heterocycles. The van der Waals surface area contributed by atoms with Gasteiger partial charge in [-0.3, -0.25) is 4.79 Å². The van der Waals surface area contributed by atoms with Crippen LogP contribution < -0.4 is 5.73 Å². The molecule has 1 aromatic rings. The number of hydrogen-bond acceptors (Lipinski definition) is 5. The number of thioether (sulfide) groups is 1. The van der Waals surface area contributed by atoms with Crippen LogP contribution in [0.5, 0.6) is 0 Å². The highest BCUT2D eigenvalue weighted by atomic mass is 32.2. The van der Waals surface area contributed by atoms with E-state index in [9.17, 15) is 14.7 Å². The van der Waals surface area contributed by atoms with Gasteiger partial charge in [0, 0.05) is 11.9 Å². The monoisotopic (exact) mass is 293 g/mol. The molecule has 3 rings (SSSR count). The van der Waals surface area contributed by atoms with Crippen LogP contribution in [0.1, 0.15) is 23.3 Å². The van der Waals surface area contributed by atoms with E-state index in [1.54, 1.807) is 23.9 Å². The second-order valence-electron chi connectivity index (χ2n) is 5.07. The Morgan fingerprint density at radius 1 is 1.45 bits per heavy atom. The smallest absolute Gasteiger partial charge is 0.327 e. The number of hydrogen-bond donors (Lipinski definition) is 2. The lowest BCUT2D eigenvalue weighted by atomic mass is 10.2. The summed E-state index contributed by atoms with van der Waals surface area (Å²) in [5.41, 5.74) is 6.21. The number of amides is 1. The number of nitrogens with two attached hydrogens (primary N) is 1. The van der Waals surface area contributed by atoms with Gasteiger partial charge >= 0.3 is 5.97 Å². The number of rotatable bonds is 3. The Bertz CT molecular complexity index is 562. The van der Waals surface area contributed by atoms with Crippen molar-refractivity contribution in [1.82, 2.24) is 9.88 Å². The molecule has 2 unspecified atom stereocenters. The van der Waals surface area contributed by atoms with Crippen LogP contribution in [0.25, 0.3) is 0 Å². The fourth-order valence-corrected chi connectivity index (χ4v) is 4.07. The van der Waals surface area contributed by atoms with Gasteiger partial charge in [0.25, 0.3) is 5.91 Å². The second-order valence-corrected chi connectivity index (χ2v) is 6.22. The quantitative estimate of drug-likeness (QED) is 0.864. The van der Waals surface area contributed by atoms with Gasteiger partial charge in [-0.25, -0.2) is 9.78 Å². The van der Waals surface area contributed by atoms with E-state index in [1.165, 1.54) is 11.1 Å². The minimum absolute atomic E-state index is 0.0648. The van der Waals surface area contributed by atoms with Crippen LogP contribution in [0, 0.1) is 5.92 Å². The van der Waals surface area contributed by atoms with Crippen molar-refractivity contribution in [3.05, 3.63) is 24.0 Å². The number of carbonyl (C=O) groups excluding carboxylic acids is 1. The maximum atomic E-state index is 12.6. The van der Waals surface area contributed by atoms with Gasteiger partial charge < -0.3 is 15.7 Å². The van der Waals surface area contributed by atoms with E-state index in [-0.39, 0.29) is 22.7 Å². The van der Waals surface area contributed by atoms with Crippen LogP contribution in [0.3, 0.4) is 0 Å². The molecule has 1 aromatic heterocycles. The van der Waals surface area contributed by atoms with Crippen molar-refractivity contribution in [2.45, 2.75) is 24.3 Å². The summed E-state index contributed by atoms with van der Waals surface area (Å²) >= 11 is 1.54. The Kier molecular flexibility index (Phi) is 3.29. The number of carboxylic acid groups (broad SMARTS) is 1. The molecule has 3 N–H and O–H groups in total. The molecule has 7 heteroatoms. The number of nitrogen functional groups attached to an aromatic ring is 1. The second kappa shape index (κ2) is 4.97. The SMILES string of the molecule is Nc1cccnc1C(=O)N1C(C(=O)O)CSC1C1CC1. The zero-order valence-electron chi connectivity index (χ0n) is 10.7. The molecule has 1 aliphatic heterocycles. The van der Waals surface area contributed by atoms with Gasteiger partial charge in [-0.05, 0) is 30.9 Å². The lowest BCUT2D eigenvalue weighted by molar-refractivity contribution is -0.141. The van der Waals surface area contributed by atoms with E-state index in [0.717, 1.165) is 12.8 Å². The fourth-order valence-electron chi connectivity index (χ4n) is 2.44.